The van der Waals surface area contributed by atoms with Gasteiger partial charge in [-0.2, -0.15) is 5.10 Å². The van der Waals surface area contributed by atoms with Crippen molar-refractivity contribution in [3.63, 3.8) is 0 Å². The Kier molecular flexibility index (Phi) is 7.38. The van der Waals surface area contributed by atoms with Crippen LogP contribution in [0.3, 0.4) is 0 Å². The number of nitrogens with zero attached hydrogens (tertiary/aromatic N) is 3. The molecule has 2 aromatic rings. The van der Waals surface area contributed by atoms with Gasteiger partial charge in [0.2, 0.25) is 17.2 Å². The third-order valence-corrected chi connectivity index (χ3v) is 4.10. The van der Waals surface area contributed by atoms with Gasteiger partial charge in [0.25, 0.3) is 5.69 Å². The molecule has 0 radical (unpaired) electrons. The van der Waals surface area contributed by atoms with Crippen LogP contribution in [0.25, 0.3) is 0 Å². The van der Waals surface area contributed by atoms with Crippen LogP contribution in [0.4, 0.5) is 17.1 Å². The number of nitro groups is 2. The van der Waals surface area contributed by atoms with Crippen molar-refractivity contribution in [1.29, 1.82) is 0 Å². The zero-order valence-corrected chi connectivity index (χ0v) is 17.3. The van der Waals surface area contributed by atoms with E-state index in [2.05, 4.69) is 10.5 Å². The quantitative estimate of drug-likeness (QED) is 0.333. The maximum atomic E-state index is 11.3. The lowest BCUT2D eigenvalue weighted by Crippen LogP contribution is -2.05. The van der Waals surface area contributed by atoms with Gasteiger partial charge in [-0.15, -0.1) is 0 Å². The van der Waals surface area contributed by atoms with Crippen molar-refractivity contribution in [3.8, 4) is 28.7 Å². The highest BCUT2D eigenvalue weighted by atomic mass is 16.6. The average Bonchev–Trinajstić information content (AvgIpc) is 2.77. The van der Waals surface area contributed by atoms with E-state index >= 15 is 0 Å². The van der Waals surface area contributed by atoms with Crippen LogP contribution in [-0.2, 0) is 0 Å². The summed E-state index contributed by atoms with van der Waals surface area (Å²) in [6.45, 7) is 0. The fourth-order valence-electron chi connectivity index (χ4n) is 2.78. The SMILES string of the molecule is COc1c(/C=N/Nc2ccc([N+](=O)[O-])cc2[N+](=O)[O-])c(OC)c(OC)c(OC)c1OC. The van der Waals surface area contributed by atoms with Crippen molar-refractivity contribution in [1.82, 2.24) is 0 Å². The topological polar surface area (TPSA) is 157 Å². The first kappa shape index (κ1) is 23.0. The second-order valence-electron chi connectivity index (χ2n) is 5.67. The summed E-state index contributed by atoms with van der Waals surface area (Å²) in [6.07, 6.45) is 1.27. The minimum Gasteiger partial charge on any atom is -0.492 e. The van der Waals surface area contributed by atoms with Crippen molar-refractivity contribution in [3.05, 3.63) is 44.0 Å². The van der Waals surface area contributed by atoms with E-state index < -0.39 is 21.2 Å². The first-order chi connectivity index (χ1) is 14.8. The third kappa shape index (κ3) is 4.49. The van der Waals surface area contributed by atoms with Gasteiger partial charge in [-0.1, -0.05) is 0 Å². The van der Waals surface area contributed by atoms with E-state index in [1.165, 1.54) is 47.8 Å². The second kappa shape index (κ2) is 9.96. The number of nitro benzene ring substituents is 2. The van der Waals surface area contributed by atoms with E-state index in [0.29, 0.717) is 0 Å². The zero-order chi connectivity index (χ0) is 23.1. The Labute approximate surface area is 176 Å². The highest BCUT2D eigenvalue weighted by Gasteiger charge is 2.28. The summed E-state index contributed by atoms with van der Waals surface area (Å²) in [4.78, 5) is 20.7. The first-order valence-electron chi connectivity index (χ1n) is 8.50. The minimum atomic E-state index is -0.758. The molecule has 0 aliphatic rings. The molecule has 13 heteroatoms. The van der Waals surface area contributed by atoms with Crippen molar-refractivity contribution in [2.24, 2.45) is 5.10 Å². The number of ether oxygens (including phenoxy) is 5. The lowest BCUT2D eigenvalue weighted by molar-refractivity contribution is -0.393. The highest BCUT2D eigenvalue weighted by Crippen LogP contribution is 2.52. The minimum absolute atomic E-state index is 0.0581. The molecule has 0 aromatic heterocycles. The molecule has 2 aromatic carbocycles. The number of benzene rings is 2. The van der Waals surface area contributed by atoms with Crippen LogP contribution in [0, 0.1) is 20.2 Å². The number of methoxy groups -OCH3 is 5. The van der Waals surface area contributed by atoms with Gasteiger partial charge in [-0.05, 0) is 6.07 Å². The molecule has 166 valence electrons. The van der Waals surface area contributed by atoms with Crippen molar-refractivity contribution >= 4 is 23.3 Å². The van der Waals surface area contributed by atoms with Gasteiger partial charge in [-0.25, -0.2) is 0 Å². The number of hydrazone groups is 1. The van der Waals surface area contributed by atoms with Crippen LogP contribution in [0.2, 0.25) is 0 Å². The number of non-ortho nitro benzene ring substituents is 1. The van der Waals surface area contributed by atoms with Crippen LogP contribution in [0.15, 0.2) is 23.3 Å². The van der Waals surface area contributed by atoms with Gasteiger partial charge in [0.1, 0.15) is 5.69 Å². The van der Waals surface area contributed by atoms with Crippen LogP contribution in [0.5, 0.6) is 28.7 Å². The zero-order valence-electron chi connectivity index (χ0n) is 17.3. The largest absolute Gasteiger partial charge is 0.492 e. The Morgan fingerprint density at radius 3 is 1.71 bits per heavy atom. The summed E-state index contributed by atoms with van der Waals surface area (Å²) in [7, 11) is 7.03. The van der Waals surface area contributed by atoms with E-state index in [9.17, 15) is 20.2 Å². The summed E-state index contributed by atoms with van der Waals surface area (Å²) in [5.41, 5.74) is 1.79. The fraction of sp³-hybridized carbons (Fsp3) is 0.278. The summed E-state index contributed by atoms with van der Waals surface area (Å²) in [5.74, 6) is 1.08. The molecular weight excluding hydrogens is 416 g/mol. The van der Waals surface area contributed by atoms with E-state index in [4.69, 9.17) is 23.7 Å². The Balaban J connectivity index is 2.56. The van der Waals surface area contributed by atoms with Crippen LogP contribution < -0.4 is 29.1 Å². The predicted octanol–water partition coefficient (Wildman–Crippen LogP) is 2.99. The Bertz CT molecular complexity index is 991. The van der Waals surface area contributed by atoms with E-state index in [1.54, 1.807) is 0 Å². The monoisotopic (exact) mass is 436 g/mol. The Hall–Kier alpha value is -4.29. The molecule has 31 heavy (non-hydrogen) atoms. The standard InChI is InChI=1S/C18H20N4O9/c1-27-14-11(15(28-2)17(30-4)18(31-5)16(14)29-3)9-19-20-12-7-6-10(21(23)24)8-13(12)22(25)26/h6-9,20H,1-5H3/b19-9+. The van der Waals surface area contributed by atoms with Crippen LogP contribution >= 0.6 is 0 Å². The average molecular weight is 436 g/mol. The molecule has 0 unspecified atom stereocenters. The lowest BCUT2D eigenvalue weighted by Gasteiger charge is -2.20. The van der Waals surface area contributed by atoms with E-state index in [-0.39, 0.29) is 40.0 Å². The number of nitrogens with one attached hydrogen (secondary N) is 1. The first-order valence-corrected chi connectivity index (χ1v) is 8.50. The summed E-state index contributed by atoms with van der Waals surface area (Å²) < 4.78 is 26.9. The van der Waals surface area contributed by atoms with Gasteiger partial charge in [-0.3, -0.25) is 25.7 Å². The maximum absolute atomic E-state index is 11.3. The molecule has 13 nitrogen and oxygen atoms in total. The molecule has 0 bridgehead atoms. The smallest absolute Gasteiger partial charge is 0.301 e. The predicted molar refractivity (Wildman–Crippen MR) is 110 cm³/mol. The molecule has 0 saturated heterocycles. The summed E-state index contributed by atoms with van der Waals surface area (Å²) in [5, 5.41) is 26.1. The molecule has 0 aliphatic carbocycles. The highest BCUT2D eigenvalue weighted by molar-refractivity contribution is 5.93. The van der Waals surface area contributed by atoms with Crippen LogP contribution in [-0.4, -0.2) is 51.6 Å². The van der Waals surface area contributed by atoms with Crippen LogP contribution in [0.1, 0.15) is 5.56 Å². The molecule has 1 N–H and O–H groups in total. The molecule has 0 atom stereocenters. The molecule has 0 heterocycles. The Morgan fingerprint density at radius 2 is 1.29 bits per heavy atom. The van der Waals surface area contributed by atoms with Crippen molar-refractivity contribution in [2.45, 2.75) is 0 Å². The van der Waals surface area contributed by atoms with Gasteiger partial charge in [0.15, 0.2) is 11.5 Å². The van der Waals surface area contributed by atoms with Crippen molar-refractivity contribution in [2.75, 3.05) is 41.0 Å². The van der Waals surface area contributed by atoms with E-state index in [1.807, 2.05) is 0 Å². The molecule has 0 fully saturated rings. The molecule has 0 amide bonds. The van der Waals surface area contributed by atoms with Gasteiger partial charge >= 0.3 is 5.69 Å². The molecule has 2 rings (SSSR count). The fourth-order valence-corrected chi connectivity index (χ4v) is 2.78. The number of rotatable bonds is 10. The normalized spacial score (nSPS) is 10.5. The van der Waals surface area contributed by atoms with E-state index in [0.717, 1.165) is 12.1 Å². The maximum Gasteiger partial charge on any atom is 0.301 e. The number of hydrogen-bond donors (Lipinski definition) is 1. The molecule has 0 spiro atoms. The Morgan fingerprint density at radius 1 is 0.806 bits per heavy atom. The van der Waals surface area contributed by atoms with Crippen molar-refractivity contribution < 1.29 is 33.5 Å². The number of anilines is 1. The molecule has 0 aliphatic heterocycles. The molecular formula is C18H20N4O9. The summed E-state index contributed by atoms with van der Waals surface area (Å²) >= 11 is 0. The molecule has 0 saturated carbocycles. The third-order valence-electron chi connectivity index (χ3n) is 4.10. The van der Waals surface area contributed by atoms with Gasteiger partial charge in [0.05, 0.1) is 63.2 Å². The lowest BCUT2D eigenvalue weighted by atomic mass is 10.1. The summed E-state index contributed by atoms with van der Waals surface area (Å²) in [6, 6.07) is 3.13. The van der Waals surface area contributed by atoms with Gasteiger partial charge in [0, 0.05) is 6.07 Å². The second-order valence-corrected chi connectivity index (χ2v) is 5.67. The van der Waals surface area contributed by atoms with Gasteiger partial charge < -0.3 is 23.7 Å². The number of hydrogen-bond acceptors (Lipinski definition) is 11.